The Bertz CT molecular complexity index is 772. The molecule has 2 aromatic carbocycles. The van der Waals surface area contributed by atoms with E-state index in [1.54, 1.807) is 12.1 Å². The number of benzene rings is 2. The lowest BCUT2D eigenvalue weighted by Gasteiger charge is -2.36. The smallest absolute Gasteiger partial charge is 0.369 e. The Hall–Kier alpha value is -2.52. The number of hydrogen-bond acceptors (Lipinski definition) is 3. The van der Waals surface area contributed by atoms with E-state index in [-0.39, 0.29) is 0 Å². The topological polar surface area (TPSA) is 30.3 Å². The molecule has 0 aromatic heterocycles. The highest BCUT2D eigenvalue weighted by atomic mass is 19.4. The van der Waals surface area contributed by atoms with Crippen LogP contribution in [0.4, 0.5) is 18.9 Å². The van der Waals surface area contributed by atoms with Crippen molar-refractivity contribution in [3.05, 3.63) is 65.2 Å². The fraction of sp³-hybridized carbons (Fsp3) is 0.316. The van der Waals surface area contributed by atoms with Crippen LogP contribution in [0.2, 0.25) is 0 Å². The normalized spacial score (nSPS) is 15.8. The highest BCUT2D eigenvalue weighted by Gasteiger charge is 2.31. The molecule has 0 N–H and O–H groups in total. The van der Waals surface area contributed by atoms with Gasteiger partial charge in [-0.1, -0.05) is 18.2 Å². The van der Waals surface area contributed by atoms with Gasteiger partial charge in [0, 0.05) is 38.4 Å². The first-order valence-corrected chi connectivity index (χ1v) is 8.09. The van der Waals surface area contributed by atoms with Crippen LogP contribution in [0.15, 0.2) is 48.5 Å². The molecule has 6 heteroatoms. The van der Waals surface area contributed by atoms with Gasteiger partial charge >= 0.3 is 6.18 Å². The standard InChI is InChI=1S/C19H18F3N3/c20-19(21,22)17-5-2-6-18(12-17)25-9-7-24(8-10-25)14-16-4-1-3-15(11-16)13-23/h1-6,11-12H,7-10,14H2. The van der Waals surface area contributed by atoms with E-state index in [0.29, 0.717) is 24.3 Å². The van der Waals surface area contributed by atoms with Crippen molar-refractivity contribution in [1.82, 2.24) is 4.90 Å². The number of piperazine rings is 1. The van der Waals surface area contributed by atoms with Gasteiger partial charge in [0.2, 0.25) is 0 Å². The molecule has 0 amide bonds. The van der Waals surface area contributed by atoms with Crippen LogP contribution < -0.4 is 4.90 Å². The number of hydrogen-bond donors (Lipinski definition) is 0. The van der Waals surface area contributed by atoms with Crippen molar-refractivity contribution in [2.24, 2.45) is 0 Å². The van der Waals surface area contributed by atoms with Gasteiger partial charge in [-0.2, -0.15) is 18.4 Å². The molecule has 0 bridgehead atoms. The number of nitriles is 1. The van der Waals surface area contributed by atoms with E-state index in [2.05, 4.69) is 11.0 Å². The van der Waals surface area contributed by atoms with E-state index in [1.807, 2.05) is 23.1 Å². The van der Waals surface area contributed by atoms with Crippen LogP contribution in [0.3, 0.4) is 0 Å². The van der Waals surface area contributed by atoms with Gasteiger partial charge < -0.3 is 4.90 Å². The minimum Gasteiger partial charge on any atom is -0.369 e. The molecular weight excluding hydrogens is 327 g/mol. The highest BCUT2D eigenvalue weighted by Crippen LogP contribution is 2.31. The molecule has 0 unspecified atom stereocenters. The van der Waals surface area contributed by atoms with E-state index in [1.165, 1.54) is 12.1 Å². The summed E-state index contributed by atoms with van der Waals surface area (Å²) in [5, 5.41) is 8.96. The zero-order chi connectivity index (χ0) is 17.9. The predicted molar refractivity (Wildman–Crippen MR) is 90.1 cm³/mol. The molecule has 0 spiro atoms. The van der Waals surface area contributed by atoms with Crippen LogP contribution in [0.5, 0.6) is 0 Å². The van der Waals surface area contributed by atoms with Crippen LogP contribution in [0.25, 0.3) is 0 Å². The minimum atomic E-state index is -4.32. The maximum Gasteiger partial charge on any atom is 0.416 e. The summed E-state index contributed by atoms with van der Waals surface area (Å²) in [6.45, 7) is 3.64. The summed E-state index contributed by atoms with van der Waals surface area (Å²) < 4.78 is 38.6. The first-order valence-electron chi connectivity index (χ1n) is 8.09. The van der Waals surface area contributed by atoms with Crippen molar-refractivity contribution >= 4 is 5.69 Å². The van der Waals surface area contributed by atoms with Crippen molar-refractivity contribution in [3.8, 4) is 6.07 Å². The van der Waals surface area contributed by atoms with Gasteiger partial charge in [0.15, 0.2) is 0 Å². The summed E-state index contributed by atoms with van der Waals surface area (Å²) in [6.07, 6.45) is -4.32. The van der Waals surface area contributed by atoms with Crippen LogP contribution in [0, 0.1) is 11.3 Å². The molecule has 1 heterocycles. The minimum absolute atomic E-state index is 0.610. The van der Waals surface area contributed by atoms with Crippen LogP contribution in [-0.4, -0.2) is 31.1 Å². The Morgan fingerprint density at radius 1 is 0.960 bits per heavy atom. The van der Waals surface area contributed by atoms with Gasteiger partial charge in [-0.05, 0) is 35.9 Å². The van der Waals surface area contributed by atoms with Crippen molar-refractivity contribution in [3.63, 3.8) is 0 Å². The summed E-state index contributed by atoms with van der Waals surface area (Å²) in [4.78, 5) is 4.23. The molecule has 3 nitrogen and oxygen atoms in total. The molecular formula is C19H18F3N3. The second-order valence-electron chi connectivity index (χ2n) is 6.12. The van der Waals surface area contributed by atoms with Gasteiger partial charge in [-0.15, -0.1) is 0 Å². The molecule has 0 aliphatic carbocycles. The lowest BCUT2D eigenvalue weighted by Crippen LogP contribution is -2.46. The van der Waals surface area contributed by atoms with Crippen LogP contribution in [0.1, 0.15) is 16.7 Å². The second kappa shape index (κ2) is 7.16. The Balaban J connectivity index is 1.61. The van der Waals surface area contributed by atoms with Crippen molar-refractivity contribution < 1.29 is 13.2 Å². The lowest BCUT2D eigenvalue weighted by molar-refractivity contribution is -0.137. The largest absolute Gasteiger partial charge is 0.416 e. The average Bonchev–Trinajstić information content (AvgIpc) is 2.62. The molecule has 2 aromatic rings. The van der Waals surface area contributed by atoms with E-state index in [9.17, 15) is 13.2 Å². The summed E-state index contributed by atoms with van der Waals surface area (Å²) in [6, 6.07) is 15.1. The molecule has 0 saturated carbocycles. The maximum absolute atomic E-state index is 12.9. The number of nitrogens with zero attached hydrogens (tertiary/aromatic N) is 3. The maximum atomic E-state index is 12.9. The Morgan fingerprint density at radius 2 is 1.68 bits per heavy atom. The van der Waals surface area contributed by atoms with Gasteiger partial charge in [0.25, 0.3) is 0 Å². The third-order valence-corrected chi connectivity index (χ3v) is 4.37. The first-order chi connectivity index (χ1) is 12.0. The molecule has 0 radical (unpaired) electrons. The first kappa shape index (κ1) is 17.3. The molecule has 130 valence electrons. The lowest BCUT2D eigenvalue weighted by atomic mass is 10.1. The van der Waals surface area contributed by atoms with E-state index in [0.717, 1.165) is 31.3 Å². The fourth-order valence-electron chi connectivity index (χ4n) is 3.04. The molecule has 1 fully saturated rings. The highest BCUT2D eigenvalue weighted by molar-refractivity contribution is 5.49. The Morgan fingerprint density at radius 3 is 2.36 bits per heavy atom. The SMILES string of the molecule is N#Cc1cccc(CN2CCN(c3cccc(C(F)(F)F)c3)CC2)c1. The van der Waals surface area contributed by atoms with Crippen molar-refractivity contribution in [1.29, 1.82) is 5.26 Å². The van der Waals surface area contributed by atoms with Crippen LogP contribution in [-0.2, 0) is 12.7 Å². The third kappa shape index (κ3) is 4.31. The zero-order valence-electron chi connectivity index (χ0n) is 13.6. The fourth-order valence-corrected chi connectivity index (χ4v) is 3.04. The number of alkyl halides is 3. The molecule has 0 atom stereocenters. The third-order valence-electron chi connectivity index (χ3n) is 4.37. The zero-order valence-corrected chi connectivity index (χ0v) is 13.6. The van der Waals surface area contributed by atoms with Crippen molar-refractivity contribution in [2.45, 2.75) is 12.7 Å². The summed E-state index contributed by atoms with van der Waals surface area (Å²) >= 11 is 0. The molecule has 1 aliphatic heterocycles. The van der Waals surface area contributed by atoms with E-state index < -0.39 is 11.7 Å². The Kier molecular flexibility index (Phi) is 4.95. The molecule has 25 heavy (non-hydrogen) atoms. The molecule has 1 aliphatic rings. The molecule has 3 rings (SSSR count). The second-order valence-corrected chi connectivity index (χ2v) is 6.12. The number of halogens is 3. The summed E-state index contributed by atoms with van der Waals surface area (Å²) in [5.74, 6) is 0. The molecule has 1 saturated heterocycles. The quantitative estimate of drug-likeness (QED) is 0.845. The van der Waals surface area contributed by atoms with Gasteiger partial charge in [0.1, 0.15) is 0 Å². The van der Waals surface area contributed by atoms with E-state index >= 15 is 0 Å². The average molecular weight is 345 g/mol. The Labute approximate surface area is 144 Å². The predicted octanol–water partition coefficient (Wildman–Crippen LogP) is 3.90. The van der Waals surface area contributed by atoms with E-state index in [4.69, 9.17) is 5.26 Å². The number of rotatable bonds is 3. The van der Waals surface area contributed by atoms with Crippen LogP contribution >= 0.6 is 0 Å². The van der Waals surface area contributed by atoms with Gasteiger partial charge in [0.05, 0.1) is 17.2 Å². The number of anilines is 1. The van der Waals surface area contributed by atoms with Gasteiger partial charge in [-0.3, -0.25) is 4.90 Å². The summed E-state index contributed by atoms with van der Waals surface area (Å²) in [7, 11) is 0. The van der Waals surface area contributed by atoms with Gasteiger partial charge in [-0.25, -0.2) is 0 Å². The van der Waals surface area contributed by atoms with Crippen molar-refractivity contribution in [2.75, 3.05) is 31.1 Å². The summed E-state index contributed by atoms with van der Waals surface area (Å²) in [5.41, 5.74) is 1.72. The monoisotopic (exact) mass is 345 g/mol.